The number of nitrogens with zero attached hydrogens (tertiary/aromatic N) is 1. The van der Waals surface area contributed by atoms with E-state index in [0.717, 1.165) is 5.56 Å². The molecule has 3 rings (SSSR count). The standard InChI is InChI=1S/C20H21ClN2O7S/c1-13-2-4-15(17(24)10-13)20(26)30-12-19(25)22-14-3-5-16(21)18(11-14)31(27,28)23-6-8-29-9-7-23/h2-5,10-11,24H,6-9,12H2,1H3,(H,22,25). The molecular weight excluding hydrogens is 448 g/mol. The third-order valence-electron chi connectivity index (χ3n) is 4.51. The Labute approximate surface area is 184 Å². The number of aryl methyl sites for hydroxylation is 1. The van der Waals surface area contributed by atoms with E-state index >= 15 is 0 Å². The summed E-state index contributed by atoms with van der Waals surface area (Å²) < 4.78 is 37.1. The van der Waals surface area contributed by atoms with Crippen molar-refractivity contribution in [3.8, 4) is 5.75 Å². The molecule has 1 saturated heterocycles. The number of phenols is 1. The summed E-state index contributed by atoms with van der Waals surface area (Å²) in [5, 5.41) is 12.3. The normalized spacial score (nSPS) is 14.8. The van der Waals surface area contributed by atoms with Gasteiger partial charge in [-0.25, -0.2) is 13.2 Å². The monoisotopic (exact) mass is 468 g/mol. The van der Waals surface area contributed by atoms with Gasteiger partial charge in [-0.3, -0.25) is 4.79 Å². The Kier molecular flexibility index (Phi) is 7.16. The van der Waals surface area contributed by atoms with E-state index in [1.807, 2.05) is 0 Å². The van der Waals surface area contributed by atoms with Crippen LogP contribution in [-0.2, 0) is 24.3 Å². The van der Waals surface area contributed by atoms with Crippen molar-refractivity contribution in [3.05, 3.63) is 52.5 Å². The number of esters is 1. The lowest BCUT2D eigenvalue weighted by Gasteiger charge is -2.26. The minimum Gasteiger partial charge on any atom is -0.507 e. The van der Waals surface area contributed by atoms with Crippen molar-refractivity contribution in [1.82, 2.24) is 4.31 Å². The van der Waals surface area contributed by atoms with E-state index in [4.69, 9.17) is 21.1 Å². The number of morpholine rings is 1. The van der Waals surface area contributed by atoms with E-state index in [9.17, 15) is 23.1 Å². The van der Waals surface area contributed by atoms with Gasteiger partial charge in [0.05, 0.1) is 18.2 Å². The van der Waals surface area contributed by atoms with E-state index in [2.05, 4.69) is 5.32 Å². The number of carbonyl (C=O) groups excluding carboxylic acids is 2. The number of carbonyl (C=O) groups is 2. The van der Waals surface area contributed by atoms with Crippen LogP contribution in [0.1, 0.15) is 15.9 Å². The predicted octanol–water partition coefficient (Wildman–Crippen LogP) is 2.17. The number of halogens is 1. The number of rotatable bonds is 6. The molecule has 0 saturated carbocycles. The minimum atomic E-state index is -3.86. The van der Waals surface area contributed by atoms with Gasteiger partial charge in [-0.15, -0.1) is 0 Å². The zero-order valence-corrected chi connectivity index (χ0v) is 18.2. The van der Waals surface area contributed by atoms with Gasteiger partial charge in [-0.05, 0) is 42.8 Å². The van der Waals surface area contributed by atoms with E-state index in [1.54, 1.807) is 13.0 Å². The fourth-order valence-corrected chi connectivity index (χ4v) is 4.83. The number of amides is 1. The van der Waals surface area contributed by atoms with E-state index in [1.165, 1.54) is 34.6 Å². The van der Waals surface area contributed by atoms with E-state index < -0.39 is 28.5 Å². The average molecular weight is 469 g/mol. The molecule has 1 aliphatic rings. The molecule has 0 bridgehead atoms. The highest BCUT2D eigenvalue weighted by atomic mass is 35.5. The maximum atomic E-state index is 12.9. The predicted molar refractivity (Wildman–Crippen MR) is 113 cm³/mol. The highest BCUT2D eigenvalue weighted by Gasteiger charge is 2.28. The van der Waals surface area contributed by atoms with Gasteiger partial charge < -0.3 is 19.9 Å². The third kappa shape index (κ3) is 5.53. The smallest absolute Gasteiger partial charge is 0.342 e. The molecule has 1 fully saturated rings. The summed E-state index contributed by atoms with van der Waals surface area (Å²) in [6, 6.07) is 8.47. The average Bonchev–Trinajstić information content (AvgIpc) is 2.74. The number of anilines is 1. The quantitative estimate of drug-likeness (QED) is 0.623. The van der Waals surface area contributed by atoms with Crippen molar-refractivity contribution < 1.29 is 32.6 Å². The third-order valence-corrected chi connectivity index (χ3v) is 6.89. The summed E-state index contributed by atoms with van der Waals surface area (Å²) in [6.07, 6.45) is 0. The molecular formula is C20H21ClN2O7S. The summed E-state index contributed by atoms with van der Waals surface area (Å²) >= 11 is 6.09. The summed E-state index contributed by atoms with van der Waals surface area (Å²) in [5.41, 5.74) is 0.872. The fourth-order valence-electron chi connectivity index (χ4n) is 2.93. The molecule has 0 atom stereocenters. The van der Waals surface area contributed by atoms with Crippen LogP contribution in [0, 0.1) is 6.92 Å². The highest BCUT2D eigenvalue weighted by Crippen LogP contribution is 2.28. The molecule has 1 amide bonds. The molecule has 9 nitrogen and oxygen atoms in total. The van der Waals surface area contributed by atoms with Gasteiger partial charge in [0, 0.05) is 18.8 Å². The van der Waals surface area contributed by atoms with E-state index in [-0.39, 0.29) is 53.2 Å². The highest BCUT2D eigenvalue weighted by molar-refractivity contribution is 7.89. The van der Waals surface area contributed by atoms with Crippen molar-refractivity contribution >= 4 is 39.2 Å². The Hall–Kier alpha value is -2.66. The topological polar surface area (TPSA) is 122 Å². The van der Waals surface area contributed by atoms with Crippen molar-refractivity contribution in [2.45, 2.75) is 11.8 Å². The lowest BCUT2D eigenvalue weighted by molar-refractivity contribution is -0.119. The lowest BCUT2D eigenvalue weighted by atomic mass is 10.1. The van der Waals surface area contributed by atoms with Crippen LogP contribution in [0.3, 0.4) is 0 Å². The number of benzene rings is 2. The molecule has 166 valence electrons. The van der Waals surface area contributed by atoms with Crippen LogP contribution in [0.4, 0.5) is 5.69 Å². The SMILES string of the molecule is Cc1ccc(C(=O)OCC(=O)Nc2ccc(Cl)c(S(=O)(=O)N3CCOCC3)c2)c(O)c1. The minimum absolute atomic E-state index is 0.0192. The van der Waals surface area contributed by atoms with Gasteiger partial charge >= 0.3 is 5.97 Å². The van der Waals surface area contributed by atoms with Crippen molar-refractivity contribution in [1.29, 1.82) is 0 Å². The molecule has 31 heavy (non-hydrogen) atoms. The van der Waals surface area contributed by atoms with Gasteiger partial charge in [-0.1, -0.05) is 17.7 Å². The summed E-state index contributed by atoms with van der Waals surface area (Å²) in [4.78, 5) is 24.1. The number of ether oxygens (including phenoxy) is 2. The Morgan fingerprint density at radius 3 is 2.58 bits per heavy atom. The number of aromatic hydroxyl groups is 1. The van der Waals surface area contributed by atoms with Gasteiger partial charge in [0.1, 0.15) is 16.2 Å². The van der Waals surface area contributed by atoms with Crippen LogP contribution in [0.5, 0.6) is 5.75 Å². The van der Waals surface area contributed by atoms with Gasteiger partial charge in [0.25, 0.3) is 5.91 Å². The molecule has 0 unspecified atom stereocenters. The Bertz CT molecular complexity index is 1100. The molecule has 2 N–H and O–H groups in total. The first-order chi connectivity index (χ1) is 14.7. The lowest BCUT2D eigenvalue weighted by Crippen LogP contribution is -2.40. The van der Waals surface area contributed by atoms with Crippen LogP contribution in [0.25, 0.3) is 0 Å². The second-order valence-electron chi connectivity index (χ2n) is 6.81. The zero-order valence-electron chi connectivity index (χ0n) is 16.6. The number of hydrogen-bond acceptors (Lipinski definition) is 7. The number of phenolic OH excluding ortho intramolecular Hbond substituents is 1. The molecule has 0 spiro atoms. The molecule has 1 heterocycles. The molecule has 0 radical (unpaired) electrons. The van der Waals surface area contributed by atoms with E-state index in [0.29, 0.717) is 0 Å². The number of nitrogens with one attached hydrogen (secondary N) is 1. The van der Waals surface area contributed by atoms with Crippen molar-refractivity contribution in [3.63, 3.8) is 0 Å². The molecule has 2 aromatic carbocycles. The van der Waals surface area contributed by atoms with Crippen LogP contribution in [0.2, 0.25) is 5.02 Å². The van der Waals surface area contributed by atoms with Crippen LogP contribution < -0.4 is 5.32 Å². The Morgan fingerprint density at radius 2 is 1.90 bits per heavy atom. The van der Waals surface area contributed by atoms with Crippen LogP contribution in [-0.4, -0.2) is 62.6 Å². The second kappa shape index (κ2) is 9.65. The van der Waals surface area contributed by atoms with Gasteiger partial charge in [0.2, 0.25) is 10.0 Å². The van der Waals surface area contributed by atoms with Crippen LogP contribution >= 0.6 is 11.6 Å². The van der Waals surface area contributed by atoms with Crippen molar-refractivity contribution in [2.24, 2.45) is 0 Å². The maximum absolute atomic E-state index is 12.9. The molecule has 0 aliphatic carbocycles. The largest absolute Gasteiger partial charge is 0.507 e. The van der Waals surface area contributed by atoms with Crippen LogP contribution in [0.15, 0.2) is 41.3 Å². The summed E-state index contributed by atoms with van der Waals surface area (Å²) in [5.74, 6) is -1.79. The van der Waals surface area contributed by atoms with Gasteiger partial charge in [-0.2, -0.15) is 4.31 Å². The fraction of sp³-hybridized carbons (Fsp3) is 0.300. The second-order valence-corrected chi connectivity index (χ2v) is 9.12. The summed E-state index contributed by atoms with van der Waals surface area (Å²) in [6.45, 7) is 2.11. The molecule has 11 heteroatoms. The number of hydrogen-bond donors (Lipinski definition) is 2. The first-order valence-electron chi connectivity index (χ1n) is 9.32. The molecule has 0 aromatic heterocycles. The first kappa shape index (κ1) is 23.0. The Balaban J connectivity index is 1.66. The first-order valence-corrected chi connectivity index (χ1v) is 11.1. The molecule has 2 aromatic rings. The van der Waals surface area contributed by atoms with Crippen molar-refractivity contribution in [2.75, 3.05) is 38.2 Å². The van der Waals surface area contributed by atoms with Gasteiger partial charge in [0.15, 0.2) is 6.61 Å². The summed E-state index contributed by atoms with van der Waals surface area (Å²) in [7, 11) is -3.86. The molecule has 1 aliphatic heterocycles. The zero-order chi connectivity index (χ0) is 22.6. The maximum Gasteiger partial charge on any atom is 0.342 e. The Morgan fingerprint density at radius 1 is 1.19 bits per heavy atom. The number of sulfonamides is 1.